The number of rotatable bonds is 4. The van der Waals surface area contributed by atoms with Crippen LogP contribution in [0.4, 0.5) is 14.9 Å². The molecule has 0 radical (unpaired) electrons. The highest BCUT2D eigenvalue weighted by atomic mass is 32.2. The van der Waals surface area contributed by atoms with Gasteiger partial charge in [-0.3, -0.25) is 9.59 Å². The normalized spacial score (nSPS) is 10.6. The van der Waals surface area contributed by atoms with Crippen LogP contribution >= 0.6 is 11.8 Å². The number of anilines is 1. The maximum absolute atomic E-state index is 12.8. The van der Waals surface area contributed by atoms with Crippen molar-refractivity contribution in [1.29, 1.82) is 0 Å². The number of hydrogen-bond acceptors (Lipinski definition) is 3. The molecular weight excluding hydrogens is 327 g/mol. The summed E-state index contributed by atoms with van der Waals surface area (Å²) in [5.41, 5.74) is 1.33. The van der Waals surface area contributed by atoms with E-state index < -0.39 is 0 Å². The molecule has 2 rings (SSSR count). The van der Waals surface area contributed by atoms with Crippen LogP contribution in [0.25, 0.3) is 6.08 Å². The molecule has 4 nitrogen and oxygen atoms in total. The molecule has 0 heterocycles. The number of carbonyl (C=O) groups excluding carboxylic acids is 2. The van der Waals surface area contributed by atoms with E-state index in [0.29, 0.717) is 5.69 Å². The summed E-state index contributed by atoms with van der Waals surface area (Å²) in [6.07, 6.45) is 2.97. The Morgan fingerprint density at radius 3 is 2.50 bits per heavy atom. The van der Waals surface area contributed by atoms with Crippen molar-refractivity contribution >= 4 is 34.7 Å². The molecule has 0 aliphatic carbocycles. The summed E-state index contributed by atoms with van der Waals surface area (Å²) in [5.74, 6) is -0.626. The van der Waals surface area contributed by atoms with Crippen LogP contribution in [-0.4, -0.2) is 30.1 Å². The van der Waals surface area contributed by atoms with Gasteiger partial charge in [-0.15, -0.1) is 0 Å². The minimum Gasteiger partial charge on any atom is -0.339 e. The minimum absolute atomic E-state index is 0.0883. The lowest BCUT2D eigenvalue weighted by atomic mass is 10.2. The van der Waals surface area contributed by atoms with Crippen LogP contribution in [0.15, 0.2) is 59.5 Å². The van der Waals surface area contributed by atoms with Gasteiger partial charge in [-0.05, 0) is 53.7 Å². The van der Waals surface area contributed by atoms with Crippen LogP contribution in [0.5, 0.6) is 0 Å². The van der Waals surface area contributed by atoms with E-state index in [9.17, 15) is 14.0 Å². The third-order valence-electron chi connectivity index (χ3n) is 2.97. The fourth-order valence-electron chi connectivity index (χ4n) is 1.76. The molecule has 24 heavy (non-hydrogen) atoms. The zero-order valence-electron chi connectivity index (χ0n) is 13.3. The largest absolute Gasteiger partial charge is 0.339 e. The molecule has 0 atom stereocenters. The molecule has 1 N–H and O–H groups in total. The predicted molar refractivity (Wildman–Crippen MR) is 95.4 cm³/mol. The van der Waals surface area contributed by atoms with Gasteiger partial charge in [0.15, 0.2) is 0 Å². The first-order valence-electron chi connectivity index (χ1n) is 7.18. The van der Waals surface area contributed by atoms with E-state index in [2.05, 4.69) is 5.32 Å². The molecule has 0 aromatic heterocycles. The lowest BCUT2D eigenvalue weighted by molar-refractivity contribution is -0.111. The first-order chi connectivity index (χ1) is 11.4. The van der Waals surface area contributed by atoms with Crippen molar-refractivity contribution in [3.63, 3.8) is 0 Å². The summed E-state index contributed by atoms with van der Waals surface area (Å²) in [6.45, 7) is 0. The van der Waals surface area contributed by atoms with Crippen LogP contribution in [0.1, 0.15) is 5.56 Å². The second-order valence-electron chi connectivity index (χ2n) is 5.16. The van der Waals surface area contributed by atoms with Gasteiger partial charge in [0.25, 0.3) is 5.24 Å². The van der Waals surface area contributed by atoms with Crippen molar-refractivity contribution in [2.24, 2.45) is 0 Å². The fraction of sp³-hybridized carbons (Fsp3) is 0.111. The highest BCUT2D eigenvalue weighted by molar-refractivity contribution is 8.13. The Morgan fingerprint density at radius 1 is 1.12 bits per heavy atom. The zero-order valence-corrected chi connectivity index (χ0v) is 14.1. The summed E-state index contributed by atoms with van der Waals surface area (Å²) in [6, 6.07) is 12.9. The summed E-state index contributed by atoms with van der Waals surface area (Å²) in [7, 11) is 3.36. The first-order valence-corrected chi connectivity index (χ1v) is 7.99. The van der Waals surface area contributed by atoms with Gasteiger partial charge in [-0.25, -0.2) is 4.39 Å². The van der Waals surface area contributed by atoms with E-state index in [-0.39, 0.29) is 17.0 Å². The standard InChI is InChI=1S/C18H17FN2O2S/c1-21(2)18(23)24-16-5-3-4-15(12-16)20-17(22)11-8-13-6-9-14(19)10-7-13/h3-12H,1-2H3,(H,20,22). The number of hydrogen-bond donors (Lipinski definition) is 1. The maximum Gasteiger partial charge on any atom is 0.285 e. The van der Waals surface area contributed by atoms with Crippen molar-refractivity contribution in [2.45, 2.75) is 4.90 Å². The first kappa shape index (κ1) is 17.7. The summed E-state index contributed by atoms with van der Waals surface area (Å²) in [4.78, 5) is 25.9. The fourth-order valence-corrected chi connectivity index (χ4v) is 2.48. The monoisotopic (exact) mass is 344 g/mol. The molecule has 0 aliphatic rings. The number of carbonyl (C=O) groups is 2. The van der Waals surface area contributed by atoms with Crippen molar-refractivity contribution in [1.82, 2.24) is 4.90 Å². The lowest BCUT2D eigenvalue weighted by Gasteiger charge is -2.10. The molecule has 2 aromatic carbocycles. The predicted octanol–water partition coefficient (Wildman–Crippen LogP) is 4.25. The number of halogens is 1. The molecule has 0 bridgehead atoms. The van der Waals surface area contributed by atoms with Gasteiger partial charge in [-0.1, -0.05) is 18.2 Å². The van der Waals surface area contributed by atoms with Gasteiger partial charge in [0, 0.05) is 30.8 Å². The smallest absolute Gasteiger partial charge is 0.285 e. The van der Waals surface area contributed by atoms with Crippen LogP contribution in [0.3, 0.4) is 0 Å². The molecule has 2 aromatic rings. The Morgan fingerprint density at radius 2 is 1.83 bits per heavy atom. The van der Waals surface area contributed by atoms with Crippen molar-refractivity contribution in [3.05, 3.63) is 66.0 Å². The van der Waals surface area contributed by atoms with Crippen LogP contribution in [-0.2, 0) is 4.79 Å². The Kier molecular flexibility index (Phi) is 6.14. The number of nitrogens with one attached hydrogen (secondary N) is 1. The average molecular weight is 344 g/mol. The van der Waals surface area contributed by atoms with Gasteiger partial charge in [-0.2, -0.15) is 0 Å². The van der Waals surface area contributed by atoms with Crippen molar-refractivity contribution in [2.75, 3.05) is 19.4 Å². The molecule has 2 amide bonds. The summed E-state index contributed by atoms with van der Waals surface area (Å²) in [5, 5.41) is 2.64. The van der Waals surface area contributed by atoms with E-state index in [1.807, 2.05) is 0 Å². The molecule has 124 valence electrons. The minimum atomic E-state index is -0.321. The van der Waals surface area contributed by atoms with Gasteiger partial charge in [0.1, 0.15) is 5.82 Å². The van der Waals surface area contributed by atoms with Crippen LogP contribution in [0, 0.1) is 5.82 Å². The number of nitrogens with zero attached hydrogens (tertiary/aromatic N) is 1. The number of benzene rings is 2. The van der Waals surface area contributed by atoms with E-state index in [1.54, 1.807) is 56.6 Å². The topological polar surface area (TPSA) is 49.4 Å². The van der Waals surface area contributed by atoms with Crippen molar-refractivity contribution in [3.8, 4) is 0 Å². The van der Waals surface area contributed by atoms with Gasteiger partial charge >= 0.3 is 0 Å². The molecule has 0 unspecified atom stereocenters. The quantitative estimate of drug-likeness (QED) is 0.666. The Labute approximate surface area is 144 Å². The SMILES string of the molecule is CN(C)C(=O)Sc1cccc(NC(=O)C=Cc2ccc(F)cc2)c1. The third-order valence-corrected chi connectivity index (χ3v) is 4.00. The number of thioether (sulfide) groups is 1. The average Bonchev–Trinajstić information content (AvgIpc) is 2.54. The molecule has 0 saturated carbocycles. The van der Waals surface area contributed by atoms with Gasteiger partial charge in [0.2, 0.25) is 5.91 Å². The molecule has 6 heteroatoms. The molecular formula is C18H17FN2O2S. The third kappa shape index (κ3) is 5.55. The molecule has 0 aliphatic heterocycles. The Balaban J connectivity index is 1.98. The zero-order chi connectivity index (χ0) is 17.5. The Bertz CT molecular complexity index is 758. The van der Waals surface area contributed by atoms with Crippen molar-refractivity contribution < 1.29 is 14.0 Å². The maximum atomic E-state index is 12.8. The molecule has 0 saturated heterocycles. The van der Waals surface area contributed by atoms with E-state index in [0.717, 1.165) is 22.2 Å². The molecule has 0 fully saturated rings. The van der Waals surface area contributed by atoms with E-state index in [4.69, 9.17) is 0 Å². The Hall–Kier alpha value is -2.60. The summed E-state index contributed by atoms with van der Waals surface area (Å²) < 4.78 is 12.8. The molecule has 0 spiro atoms. The van der Waals surface area contributed by atoms with E-state index in [1.165, 1.54) is 23.1 Å². The van der Waals surface area contributed by atoms with Gasteiger partial charge < -0.3 is 10.2 Å². The second-order valence-corrected chi connectivity index (χ2v) is 6.19. The highest BCUT2D eigenvalue weighted by Crippen LogP contribution is 2.23. The summed E-state index contributed by atoms with van der Waals surface area (Å²) >= 11 is 1.09. The lowest BCUT2D eigenvalue weighted by Crippen LogP contribution is -2.16. The van der Waals surface area contributed by atoms with Crippen LogP contribution < -0.4 is 5.32 Å². The van der Waals surface area contributed by atoms with Crippen LogP contribution in [0.2, 0.25) is 0 Å². The number of amides is 2. The van der Waals surface area contributed by atoms with Gasteiger partial charge in [0.05, 0.1) is 0 Å². The second kappa shape index (κ2) is 8.31. The highest BCUT2D eigenvalue weighted by Gasteiger charge is 2.07. The van der Waals surface area contributed by atoms with E-state index >= 15 is 0 Å².